The van der Waals surface area contributed by atoms with Crippen LogP contribution in [0.2, 0.25) is 0 Å². The molecule has 1 unspecified atom stereocenters. The van der Waals surface area contributed by atoms with Crippen LogP contribution in [0.4, 0.5) is 0 Å². The van der Waals surface area contributed by atoms with E-state index in [2.05, 4.69) is 10.5 Å². The summed E-state index contributed by atoms with van der Waals surface area (Å²) in [5, 5.41) is 16.5. The van der Waals surface area contributed by atoms with Gasteiger partial charge in [0.05, 0.1) is 6.54 Å². The highest BCUT2D eigenvalue weighted by molar-refractivity contribution is 7.10. The number of aryl methyl sites for hydroxylation is 1. The van der Waals surface area contributed by atoms with Crippen molar-refractivity contribution in [3.05, 3.63) is 21.9 Å². The van der Waals surface area contributed by atoms with Crippen LogP contribution >= 0.6 is 11.3 Å². The molecule has 0 radical (unpaired) electrons. The Labute approximate surface area is 111 Å². The molecule has 0 saturated carbocycles. The lowest BCUT2D eigenvalue weighted by molar-refractivity contribution is -0.127. The van der Waals surface area contributed by atoms with E-state index in [-0.39, 0.29) is 11.7 Å². The second-order valence-electron chi connectivity index (χ2n) is 4.38. The summed E-state index contributed by atoms with van der Waals surface area (Å²) < 4.78 is 0. The van der Waals surface area contributed by atoms with Crippen LogP contribution in [-0.2, 0) is 11.3 Å². The Balaban J connectivity index is 2.73. The number of nitrogens with one attached hydrogen (secondary N) is 1. The highest BCUT2D eigenvalue weighted by Gasteiger charge is 2.36. The zero-order valence-electron chi connectivity index (χ0n) is 10.9. The summed E-state index contributed by atoms with van der Waals surface area (Å²) in [5.41, 5.74) is 5.77. The standard InChI is InChI=1S/C12H19N3O2S/c1-4-12(3,10(13)15-17)11(16)14-7-9-8(2)5-6-18-9/h5-6,17H,4,7H2,1-3H3,(H2,13,15)(H,14,16). The summed E-state index contributed by atoms with van der Waals surface area (Å²) in [7, 11) is 0. The van der Waals surface area contributed by atoms with E-state index in [1.807, 2.05) is 25.3 Å². The third-order valence-corrected chi connectivity index (χ3v) is 4.28. The maximum atomic E-state index is 12.1. The number of oxime groups is 1. The predicted molar refractivity (Wildman–Crippen MR) is 72.7 cm³/mol. The minimum absolute atomic E-state index is 0.0644. The van der Waals surface area contributed by atoms with Gasteiger partial charge in [0.2, 0.25) is 5.91 Å². The number of carbonyl (C=O) groups excluding carboxylic acids is 1. The first kappa shape index (κ1) is 14.5. The van der Waals surface area contributed by atoms with E-state index < -0.39 is 5.41 Å². The topological polar surface area (TPSA) is 87.7 Å². The molecule has 0 bridgehead atoms. The molecule has 0 spiro atoms. The molecule has 0 aliphatic carbocycles. The number of hydrogen-bond donors (Lipinski definition) is 3. The monoisotopic (exact) mass is 269 g/mol. The zero-order valence-corrected chi connectivity index (χ0v) is 11.7. The molecule has 1 heterocycles. The maximum absolute atomic E-state index is 12.1. The molecular formula is C12H19N3O2S. The van der Waals surface area contributed by atoms with E-state index in [1.165, 1.54) is 0 Å². The maximum Gasteiger partial charge on any atom is 0.233 e. The molecule has 1 atom stereocenters. The SMILES string of the molecule is CCC(C)(C(=O)NCc1sccc1C)/C(N)=N/O. The zero-order chi connectivity index (χ0) is 13.8. The van der Waals surface area contributed by atoms with Gasteiger partial charge >= 0.3 is 0 Å². The molecule has 5 nitrogen and oxygen atoms in total. The molecule has 100 valence electrons. The fourth-order valence-electron chi connectivity index (χ4n) is 1.51. The Morgan fingerprint density at radius 1 is 1.67 bits per heavy atom. The first-order valence-corrected chi connectivity index (χ1v) is 6.63. The first-order chi connectivity index (χ1) is 8.45. The van der Waals surface area contributed by atoms with Gasteiger partial charge in [0.25, 0.3) is 0 Å². The highest BCUT2D eigenvalue weighted by atomic mass is 32.1. The van der Waals surface area contributed by atoms with Gasteiger partial charge < -0.3 is 16.3 Å². The van der Waals surface area contributed by atoms with Crippen LogP contribution in [0.1, 0.15) is 30.7 Å². The quantitative estimate of drug-likeness (QED) is 0.330. The number of rotatable bonds is 5. The van der Waals surface area contributed by atoms with Gasteiger partial charge in [-0.1, -0.05) is 12.1 Å². The van der Waals surface area contributed by atoms with E-state index in [4.69, 9.17) is 10.9 Å². The van der Waals surface area contributed by atoms with Crippen molar-refractivity contribution in [2.45, 2.75) is 33.7 Å². The number of thiophene rings is 1. The Kier molecular flexibility index (Phi) is 4.72. The summed E-state index contributed by atoms with van der Waals surface area (Å²) in [6, 6.07) is 2.01. The smallest absolute Gasteiger partial charge is 0.233 e. The highest BCUT2D eigenvalue weighted by Crippen LogP contribution is 2.22. The molecule has 18 heavy (non-hydrogen) atoms. The van der Waals surface area contributed by atoms with E-state index in [9.17, 15) is 4.79 Å². The van der Waals surface area contributed by atoms with Crippen LogP contribution in [0.25, 0.3) is 0 Å². The normalized spacial score (nSPS) is 15.2. The van der Waals surface area contributed by atoms with Gasteiger partial charge in [0, 0.05) is 4.88 Å². The van der Waals surface area contributed by atoms with Crippen LogP contribution in [-0.4, -0.2) is 17.0 Å². The van der Waals surface area contributed by atoms with Gasteiger partial charge in [-0.25, -0.2) is 0 Å². The van der Waals surface area contributed by atoms with Crippen molar-refractivity contribution in [1.82, 2.24) is 5.32 Å². The molecule has 1 amide bonds. The van der Waals surface area contributed by atoms with Gasteiger partial charge in [-0.05, 0) is 37.3 Å². The number of amidine groups is 1. The lowest BCUT2D eigenvalue weighted by Gasteiger charge is -2.25. The lowest BCUT2D eigenvalue weighted by atomic mass is 9.85. The minimum Gasteiger partial charge on any atom is -0.409 e. The third-order valence-electron chi connectivity index (χ3n) is 3.26. The van der Waals surface area contributed by atoms with Gasteiger partial charge in [0.1, 0.15) is 5.41 Å². The summed E-state index contributed by atoms with van der Waals surface area (Å²) in [6.45, 7) is 5.96. The molecular weight excluding hydrogens is 250 g/mol. The van der Waals surface area contributed by atoms with Crippen molar-refractivity contribution in [2.24, 2.45) is 16.3 Å². The molecule has 0 aliphatic heterocycles. The number of carbonyl (C=O) groups is 1. The minimum atomic E-state index is -0.972. The summed E-state index contributed by atoms with van der Waals surface area (Å²) in [6.07, 6.45) is 0.470. The first-order valence-electron chi connectivity index (χ1n) is 5.75. The second-order valence-corrected chi connectivity index (χ2v) is 5.38. The van der Waals surface area contributed by atoms with Crippen LogP contribution in [0, 0.1) is 12.3 Å². The van der Waals surface area contributed by atoms with Gasteiger partial charge in [-0.2, -0.15) is 0 Å². The molecule has 1 rings (SSSR count). The molecule has 6 heteroatoms. The predicted octanol–water partition coefficient (Wildman–Crippen LogP) is 1.84. The fraction of sp³-hybridized carbons (Fsp3) is 0.500. The number of nitrogens with two attached hydrogens (primary N) is 1. The van der Waals surface area contributed by atoms with Crippen molar-refractivity contribution in [3.8, 4) is 0 Å². The number of amides is 1. The average Bonchev–Trinajstić information content (AvgIpc) is 2.79. The second kappa shape index (κ2) is 5.86. The summed E-state index contributed by atoms with van der Waals surface area (Å²) in [5.74, 6) is -0.293. The third kappa shape index (κ3) is 2.81. The Morgan fingerprint density at radius 3 is 2.78 bits per heavy atom. The van der Waals surface area contributed by atoms with Crippen LogP contribution in [0.15, 0.2) is 16.6 Å². The molecule has 0 saturated heterocycles. The summed E-state index contributed by atoms with van der Waals surface area (Å²) >= 11 is 1.60. The number of nitrogens with zero attached hydrogens (tertiary/aromatic N) is 1. The Hall–Kier alpha value is -1.56. The lowest BCUT2D eigenvalue weighted by Crippen LogP contribution is -2.47. The van der Waals surface area contributed by atoms with E-state index >= 15 is 0 Å². The van der Waals surface area contributed by atoms with Gasteiger partial charge in [-0.15, -0.1) is 11.3 Å². The Morgan fingerprint density at radius 2 is 2.33 bits per heavy atom. The van der Waals surface area contributed by atoms with Crippen molar-refractivity contribution in [1.29, 1.82) is 0 Å². The molecule has 0 fully saturated rings. The molecule has 1 aromatic heterocycles. The summed E-state index contributed by atoms with van der Waals surface area (Å²) in [4.78, 5) is 13.2. The van der Waals surface area contributed by atoms with E-state index in [1.54, 1.807) is 18.3 Å². The van der Waals surface area contributed by atoms with Crippen molar-refractivity contribution in [3.63, 3.8) is 0 Å². The largest absolute Gasteiger partial charge is 0.409 e. The van der Waals surface area contributed by atoms with Crippen LogP contribution < -0.4 is 11.1 Å². The Bertz CT molecular complexity index is 456. The number of hydrogen-bond acceptors (Lipinski definition) is 4. The van der Waals surface area contributed by atoms with Crippen LogP contribution in [0.5, 0.6) is 0 Å². The molecule has 1 aromatic rings. The van der Waals surface area contributed by atoms with E-state index in [0.29, 0.717) is 13.0 Å². The van der Waals surface area contributed by atoms with Gasteiger partial charge in [-0.3, -0.25) is 4.79 Å². The van der Waals surface area contributed by atoms with Crippen molar-refractivity contribution < 1.29 is 10.0 Å². The van der Waals surface area contributed by atoms with Crippen LogP contribution in [0.3, 0.4) is 0 Å². The molecule has 0 aliphatic rings. The van der Waals surface area contributed by atoms with Crippen molar-refractivity contribution in [2.75, 3.05) is 0 Å². The average molecular weight is 269 g/mol. The van der Waals surface area contributed by atoms with Crippen molar-refractivity contribution >= 4 is 23.1 Å². The fourth-order valence-corrected chi connectivity index (χ4v) is 2.36. The van der Waals surface area contributed by atoms with E-state index in [0.717, 1.165) is 10.4 Å². The van der Waals surface area contributed by atoms with Gasteiger partial charge in [0.15, 0.2) is 5.84 Å². The molecule has 4 N–H and O–H groups in total. The molecule has 0 aromatic carbocycles.